The zero-order valence-electron chi connectivity index (χ0n) is 5.85. The Morgan fingerprint density at radius 1 is 1.45 bits per heavy atom. The molecular formula is C5H9F3N2S. The van der Waals surface area contributed by atoms with Gasteiger partial charge in [0.2, 0.25) is 0 Å². The number of thioether (sulfide) groups is 1. The van der Waals surface area contributed by atoms with E-state index in [-0.39, 0.29) is 0 Å². The van der Waals surface area contributed by atoms with Gasteiger partial charge in [0.1, 0.15) is 11.5 Å². The lowest BCUT2D eigenvalue weighted by Crippen LogP contribution is -2.46. The van der Waals surface area contributed by atoms with Crippen LogP contribution in [0.1, 0.15) is 6.92 Å². The predicted molar refractivity (Wildman–Crippen MR) is 38.0 cm³/mol. The maximum absolute atomic E-state index is 12.1. The average molecular weight is 186 g/mol. The number of nitrogens with one attached hydrogen (secondary N) is 1. The van der Waals surface area contributed by atoms with E-state index in [0.717, 1.165) is 11.8 Å². The molecule has 66 valence electrons. The van der Waals surface area contributed by atoms with Crippen LogP contribution in [-0.4, -0.2) is 23.0 Å². The zero-order chi connectivity index (χ0) is 8.65. The molecule has 6 heteroatoms. The fourth-order valence-corrected chi connectivity index (χ4v) is 2.10. The lowest BCUT2D eigenvalue weighted by molar-refractivity contribution is -0.153. The molecule has 1 rings (SSSR count). The minimum absolute atomic E-state index is 0.495. The van der Waals surface area contributed by atoms with Crippen molar-refractivity contribution in [2.75, 3.05) is 0 Å². The third-order valence-corrected chi connectivity index (χ3v) is 2.66. The van der Waals surface area contributed by atoms with Crippen molar-refractivity contribution in [2.24, 2.45) is 5.73 Å². The van der Waals surface area contributed by atoms with Gasteiger partial charge >= 0.3 is 6.18 Å². The van der Waals surface area contributed by atoms with Crippen LogP contribution in [0.4, 0.5) is 13.2 Å². The number of hydrogen-bond donors (Lipinski definition) is 2. The van der Waals surface area contributed by atoms with E-state index in [2.05, 4.69) is 5.32 Å². The molecule has 0 aromatic rings. The van der Waals surface area contributed by atoms with E-state index in [9.17, 15) is 13.2 Å². The second-order valence-corrected chi connectivity index (χ2v) is 3.97. The quantitative estimate of drug-likeness (QED) is 0.590. The van der Waals surface area contributed by atoms with E-state index >= 15 is 0 Å². The molecule has 1 aliphatic heterocycles. The van der Waals surface area contributed by atoms with Crippen molar-refractivity contribution in [1.29, 1.82) is 0 Å². The summed E-state index contributed by atoms with van der Waals surface area (Å²) in [6.07, 6.45) is -4.18. The summed E-state index contributed by atoms with van der Waals surface area (Å²) in [6.45, 7) is 1.52. The minimum Gasteiger partial charge on any atom is -0.307 e. The molecule has 0 bridgehead atoms. The molecule has 0 aromatic carbocycles. The standard InChI is InChI=1S/C5H9F3N2S/c1-2-3(5(6,7)8)10-4(9)11-2/h2-4,10H,9H2,1H3. The van der Waals surface area contributed by atoms with Gasteiger partial charge in [0.15, 0.2) is 0 Å². The summed E-state index contributed by atoms with van der Waals surface area (Å²) in [5.74, 6) is 0. The fraction of sp³-hybridized carbons (Fsp3) is 1.00. The third kappa shape index (κ3) is 2.00. The summed E-state index contributed by atoms with van der Waals surface area (Å²) in [7, 11) is 0. The van der Waals surface area contributed by atoms with Crippen LogP contribution in [0.25, 0.3) is 0 Å². The lowest BCUT2D eigenvalue weighted by Gasteiger charge is -2.17. The second kappa shape index (κ2) is 2.84. The van der Waals surface area contributed by atoms with Crippen molar-refractivity contribution in [3.8, 4) is 0 Å². The van der Waals surface area contributed by atoms with Crippen LogP contribution in [0.5, 0.6) is 0 Å². The number of nitrogens with two attached hydrogens (primary N) is 1. The predicted octanol–water partition coefficient (Wildman–Crippen LogP) is 0.885. The van der Waals surface area contributed by atoms with Crippen LogP contribution in [0.2, 0.25) is 0 Å². The van der Waals surface area contributed by atoms with Crippen molar-refractivity contribution in [3.63, 3.8) is 0 Å². The van der Waals surface area contributed by atoms with Gasteiger partial charge in [-0.15, -0.1) is 11.8 Å². The van der Waals surface area contributed by atoms with Crippen LogP contribution in [0.3, 0.4) is 0 Å². The Kier molecular flexibility index (Phi) is 2.36. The normalized spacial score (nSPS) is 39.5. The Labute approximate surface area is 66.7 Å². The number of halogens is 3. The van der Waals surface area contributed by atoms with Crippen LogP contribution in [0, 0.1) is 0 Å². The van der Waals surface area contributed by atoms with Gasteiger partial charge in [0.25, 0.3) is 0 Å². The molecule has 3 unspecified atom stereocenters. The molecule has 0 aromatic heterocycles. The van der Waals surface area contributed by atoms with E-state index in [1.165, 1.54) is 6.92 Å². The summed E-state index contributed by atoms with van der Waals surface area (Å²) in [5.41, 5.74) is 4.68. The summed E-state index contributed by atoms with van der Waals surface area (Å²) in [4.78, 5) is 0. The number of hydrogen-bond acceptors (Lipinski definition) is 3. The van der Waals surface area contributed by atoms with Crippen LogP contribution in [-0.2, 0) is 0 Å². The van der Waals surface area contributed by atoms with Gasteiger partial charge in [-0.25, -0.2) is 0 Å². The van der Waals surface area contributed by atoms with E-state index < -0.39 is 23.0 Å². The average Bonchev–Trinajstić information content (AvgIpc) is 2.08. The summed E-state index contributed by atoms with van der Waals surface area (Å²) in [5, 5.41) is 1.76. The monoisotopic (exact) mass is 186 g/mol. The van der Waals surface area contributed by atoms with Crippen molar-refractivity contribution in [1.82, 2.24) is 5.32 Å². The summed E-state index contributed by atoms with van der Waals surface area (Å²) in [6, 6.07) is -1.46. The molecule has 3 N–H and O–H groups in total. The van der Waals surface area contributed by atoms with Crippen LogP contribution < -0.4 is 11.1 Å². The van der Waals surface area contributed by atoms with Crippen molar-refractivity contribution in [2.45, 2.75) is 29.9 Å². The first-order valence-electron chi connectivity index (χ1n) is 3.15. The fourth-order valence-electron chi connectivity index (χ4n) is 1.02. The van der Waals surface area contributed by atoms with Gasteiger partial charge in [0, 0.05) is 5.25 Å². The molecule has 0 radical (unpaired) electrons. The maximum Gasteiger partial charge on any atom is 0.404 e. The maximum atomic E-state index is 12.1. The molecule has 0 saturated carbocycles. The Morgan fingerprint density at radius 2 is 2.00 bits per heavy atom. The summed E-state index contributed by atoms with van der Waals surface area (Å²) >= 11 is 1.10. The van der Waals surface area contributed by atoms with Gasteiger partial charge < -0.3 is 5.73 Å². The largest absolute Gasteiger partial charge is 0.404 e. The molecule has 0 spiro atoms. The molecule has 2 nitrogen and oxygen atoms in total. The van der Waals surface area contributed by atoms with E-state index in [4.69, 9.17) is 5.73 Å². The van der Waals surface area contributed by atoms with Crippen LogP contribution >= 0.6 is 11.8 Å². The van der Waals surface area contributed by atoms with Gasteiger partial charge in [-0.1, -0.05) is 6.92 Å². The van der Waals surface area contributed by atoms with Gasteiger partial charge in [0.05, 0.1) is 0 Å². The van der Waals surface area contributed by atoms with Gasteiger partial charge in [-0.3, -0.25) is 5.32 Å². The highest BCUT2D eigenvalue weighted by atomic mass is 32.2. The molecule has 0 amide bonds. The van der Waals surface area contributed by atoms with Gasteiger partial charge in [-0.05, 0) is 0 Å². The highest BCUT2D eigenvalue weighted by molar-refractivity contribution is 8.00. The Balaban J connectivity index is 2.60. The van der Waals surface area contributed by atoms with Crippen molar-refractivity contribution >= 4 is 11.8 Å². The first kappa shape index (κ1) is 9.15. The zero-order valence-corrected chi connectivity index (χ0v) is 6.67. The molecule has 3 atom stereocenters. The first-order chi connectivity index (χ1) is 4.91. The molecule has 11 heavy (non-hydrogen) atoms. The highest BCUT2D eigenvalue weighted by Gasteiger charge is 2.47. The van der Waals surface area contributed by atoms with Crippen molar-refractivity contribution < 1.29 is 13.2 Å². The Morgan fingerprint density at radius 3 is 2.18 bits per heavy atom. The Hall–Kier alpha value is 0.0600. The second-order valence-electron chi connectivity index (χ2n) is 2.45. The van der Waals surface area contributed by atoms with E-state index in [1.807, 2.05) is 0 Å². The first-order valence-corrected chi connectivity index (χ1v) is 4.09. The smallest absolute Gasteiger partial charge is 0.307 e. The molecule has 1 aliphatic rings. The summed E-state index contributed by atoms with van der Waals surface area (Å²) < 4.78 is 36.2. The number of rotatable bonds is 0. The van der Waals surface area contributed by atoms with E-state index in [1.54, 1.807) is 0 Å². The molecule has 1 saturated heterocycles. The highest BCUT2D eigenvalue weighted by Crippen LogP contribution is 2.34. The SMILES string of the molecule is CC1SC(N)NC1C(F)(F)F. The molecule has 1 heterocycles. The van der Waals surface area contributed by atoms with Crippen molar-refractivity contribution in [3.05, 3.63) is 0 Å². The molecule has 1 fully saturated rings. The minimum atomic E-state index is -4.18. The Bertz CT molecular complexity index is 149. The molecule has 0 aliphatic carbocycles. The van der Waals surface area contributed by atoms with Crippen LogP contribution in [0.15, 0.2) is 0 Å². The lowest BCUT2D eigenvalue weighted by atomic mass is 10.2. The topological polar surface area (TPSA) is 38.0 Å². The molecular weight excluding hydrogens is 177 g/mol. The third-order valence-electron chi connectivity index (χ3n) is 1.53. The number of alkyl halides is 3. The van der Waals surface area contributed by atoms with Gasteiger partial charge in [-0.2, -0.15) is 13.2 Å². The van der Waals surface area contributed by atoms with E-state index in [0.29, 0.717) is 0 Å².